The zero-order valence-corrected chi connectivity index (χ0v) is 12.9. The Balaban J connectivity index is 2.09. The van der Waals surface area contributed by atoms with E-state index in [4.69, 9.17) is 16.3 Å². The fourth-order valence-corrected chi connectivity index (χ4v) is 2.26. The van der Waals surface area contributed by atoms with Gasteiger partial charge in [-0.3, -0.25) is 9.48 Å². The highest BCUT2D eigenvalue weighted by Gasteiger charge is 2.16. The predicted molar refractivity (Wildman–Crippen MR) is 81.7 cm³/mol. The van der Waals surface area contributed by atoms with Gasteiger partial charge in [-0.15, -0.1) is 0 Å². The first-order valence-corrected chi connectivity index (χ1v) is 7.25. The number of carbonyl (C=O) groups excluding carboxylic acids is 1. The van der Waals surface area contributed by atoms with Crippen LogP contribution in [0.15, 0.2) is 30.5 Å². The molecule has 0 unspecified atom stereocenters. The lowest BCUT2D eigenvalue weighted by Crippen LogP contribution is -2.26. The summed E-state index contributed by atoms with van der Waals surface area (Å²) in [6, 6.07) is 7.62. The molecule has 1 aromatic heterocycles. The van der Waals surface area contributed by atoms with Gasteiger partial charge in [-0.2, -0.15) is 5.10 Å². The highest BCUT2D eigenvalue weighted by atomic mass is 35.5. The van der Waals surface area contributed by atoms with Crippen LogP contribution in [-0.2, 0) is 13.1 Å². The van der Waals surface area contributed by atoms with Gasteiger partial charge >= 0.3 is 0 Å². The maximum Gasteiger partial charge on any atom is 0.271 e. The van der Waals surface area contributed by atoms with Crippen LogP contribution in [0.5, 0.6) is 5.75 Å². The summed E-state index contributed by atoms with van der Waals surface area (Å²) in [5, 5.41) is 7.26. The molecule has 1 heterocycles. The first kappa shape index (κ1) is 15.4. The molecule has 0 radical (unpaired) electrons. The number of aryl methyl sites for hydroxylation is 1. The fraction of sp³-hybridized carbons (Fsp3) is 0.333. The van der Waals surface area contributed by atoms with Crippen LogP contribution in [-0.4, -0.2) is 22.3 Å². The van der Waals surface area contributed by atoms with Crippen molar-refractivity contribution in [3.05, 3.63) is 46.7 Å². The summed E-state index contributed by atoms with van der Waals surface area (Å²) in [7, 11) is 0. The van der Waals surface area contributed by atoms with E-state index in [0.29, 0.717) is 30.4 Å². The number of nitrogens with zero attached hydrogens (tertiary/aromatic N) is 2. The lowest BCUT2D eigenvalue weighted by atomic mass is 10.2. The Kier molecular flexibility index (Phi) is 5.22. The molecular formula is C15H18ClN3O2. The van der Waals surface area contributed by atoms with Crippen LogP contribution in [0.4, 0.5) is 0 Å². The second kappa shape index (κ2) is 7.13. The second-order valence-electron chi connectivity index (χ2n) is 4.38. The van der Waals surface area contributed by atoms with E-state index in [0.717, 1.165) is 11.3 Å². The Bertz CT molecular complexity index is 625. The number of benzene rings is 1. The van der Waals surface area contributed by atoms with Gasteiger partial charge in [0.1, 0.15) is 11.4 Å². The van der Waals surface area contributed by atoms with Gasteiger partial charge in [-0.25, -0.2) is 0 Å². The Morgan fingerprint density at radius 3 is 2.86 bits per heavy atom. The fourth-order valence-electron chi connectivity index (χ4n) is 2.03. The average molecular weight is 308 g/mol. The molecule has 0 spiro atoms. The van der Waals surface area contributed by atoms with Crippen molar-refractivity contribution >= 4 is 17.5 Å². The molecule has 0 saturated carbocycles. The molecule has 0 aliphatic carbocycles. The number of halogens is 1. The molecule has 21 heavy (non-hydrogen) atoms. The molecule has 112 valence electrons. The number of para-hydroxylation sites is 1. The molecule has 0 aliphatic rings. The lowest BCUT2D eigenvalue weighted by Gasteiger charge is -2.11. The lowest BCUT2D eigenvalue weighted by molar-refractivity contribution is 0.0940. The molecule has 1 N–H and O–H groups in total. The van der Waals surface area contributed by atoms with Crippen LogP contribution in [0.2, 0.25) is 5.02 Å². The summed E-state index contributed by atoms with van der Waals surface area (Å²) >= 11 is 6.01. The number of ether oxygens (including phenoxy) is 1. The molecule has 1 aromatic carbocycles. The standard InChI is InChI=1S/C15H18ClN3O2/c1-3-19-14(12(16)10-18-19)15(20)17-9-11-7-5-6-8-13(11)21-4-2/h5-8,10H,3-4,9H2,1-2H3,(H,17,20). The van der Waals surface area contributed by atoms with Crippen LogP contribution in [0.1, 0.15) is 29.9 Å². The van der Waals surface area contributed by atoms with Crippen molar-refractivity contribution in [3.8, 4) is 5.75 Å². The van der Waals surface area contributed by atoms with Crippen LogP contribution in [0.25, 0.3) is 0 Å². The average Bonchev–Trinajstić information content (AvgIpc) is 2.87. The molecule has 6 heteroatoms. The number of nitrogens with one attached hydrogen (secondary N) is 1. The maximum absolute atomic E-state index is 12.3. The van der Waals surface area contributed by atoms with Crippen LogP contribution in [0.3, 0.4) is 0 Å². The normalized spacial score (nSPS) is 10.4. The molecule has 2 rings (SSSR count). The molecule has 5 nitrogen and oxygen atoms in total. The number of hydrogen-bond acceptors (Lipinski definition) is 3. The quantitative estimate of drug-likeness (QED) is 0.893. The zero-order valence-electron chi connectivity index (χ0n) is 12.1. The van der Waals surface area contributed by atoms with E-state index in [1.165, 1.54) is 6.20 Å². The first-order valence-electron chi connectivity index (χ1n) is 6.87. The van der Waals surface area contributed by atoms with E-state index >= 15 is 0 Å². The Labute approximate surface area is 128 Å². The van der Waals surface area contributed by atoms with E-state index in [9.17, 15) is 4.79 Å². The number of hydrogen-bond donors (Lipinski definition) is 1. The van der Waals surface area contributed by atoms with Crippen molar-refractivity contribution in [1.82, 2.24) is 15.1 Å². The van der Waals surface area contributed by atoms with Gasteiger partial charge in [0.05, 0.1) is 17.8 Å². The first-order chi connectivity index (χ1) is 10.2. The molecule has 0 aliphatic heterocycles. The van der Waals surface area contributed by atoms with E-state index in [1.807, 2.05) is 38.1 Å². The SMILES string of the molecule is CCOc1ccccc1CNC(=O)c1c(Cl)cnn1CC. The van der Waals surface area contributed by atoms with E-state index < -0.39 is 0 Å². The van der Waals surface area contributed by atoms with E-state index in [-0.39, 0.29) is 5.91 Å². The van der Waals surface area contributed by atoms with Crippen LogP contribution < -0.4 is 10.1 Å². The van der Waals surface area contributed by atoms with Gasteiger partial charge < -0.3 is 10.1 Å². The number of carbonyl (C=O) groups is 1. The molecule has 1 amide bonds. The molecular weight excluding hydrogens is 290 g/mol. The highest BCUT2D eigenvalue weighted by Crippen LogP contribution is 2.19. The van der Waals surface area contributed by atoms with E-state index in [2.05, 4.69) is 10.4 Å². The molecule has 0 bridgehead atoms. The zero-order chi connectivity index (χ0) is 15.2. The van der Waals surface area contributed by atoms with Crippen molar-refractivity contribution in [3.63, 3.8) is 0 Å². The summed E-state index contributed by atoms with van der Waals surface area (Å²) < 4.78 is 7.11. The molecule has 0 saturated heterocycles. The minimum Gasteiger partial charge on any atom is -0.494 e. The third-order valence-electron chi connectivity index (χ3n) is 3.02. The Morgan fingerprint density at radius 1 is 1.38 bits per heavy atom. The minimum absolute atomic E-state index is 0.245. The number of rotatable bonds is 6. The highest BCUT2D eigenvalue weighted by molar-refractivity contribution is 6.33. The Hall–Kier alpha value is -2.01. The number of aromatic nitrogens is 2. The van der Waals surface area contributed by atoms with Crippen molar-refractivity contribution < 1.29 is 9.53 Å². The summed E-state index contributed by atoms with van der Waals surface area (Å²) in [6.45, 7) is 5.38. The van der Waals surface area contributed by atoms with Crippen molar-refractivity contribution in [2.75, 3.05) is 6.61 Å². The summed E-state index contributed by atoms with van der Waals surface area (Å²) in [4.78, 5) is 12.3. The van der Waals surface area contributed by atoms with E-state index in [1.54, 1.807) is 4.68 Å². The van der Waals surface area contributed by atoms with Crippen molar-refractivity contribution in [2.45, 2.75) is 26.9 Å². The predicted octanol–water partition coefficient (Wildman–Crippen LogP) is 2.89. The van der Waals surface area contributed by atoms with Gasteiger partial charge in [0.2, 0.25) is 0 Å². The van der Waals surface area contributed by atoms with Gasteiger partial charge in [-0.05, 0) is 19.9 Å². The minimum atomic E-state index is -0.245. The van der Waals surface area contributed by atoms with Gasteiger partial charge in [0, 0.05) is 18.7 Å². The largest absolute Gasteiger partial charge is 0.494 e. The topological polar surface area (TPSA) is 56.1 Å². The number of amides is 1. The second-order valence-corrected chi connectivity index (χ2v) is 4.79. The smallest absolute Gasteiger partial charge is 0.271 e. The maximum atomic E-state index is 12.3. The molecule has 0 fully saturated rings. The summed E-state index contributed by atoms with van der Waals surface area (Å²) in [6.07, 6.45) is 1.48. The summed E-state index contributed by atoms with van der Waals surface area (Å²) in [5.41, 5.74) is 1.31. The van der Waals surface area contributed by atoms with Crippen LogP contribution >= 0.6 is 11.6 Å². The van der Waals surface area contributed by atoms with Crippen molar-refractivity contribution in [1.29, 1.82) is 0 Å². The third-order valence-corrected chi connectivity index (χ3v) is 3.30. The Morgan fingerprint density at radius 2 is 2.14 bits per heavy atom. The van der Waals surface area contributed by atoms with Crippen molar-refractivity contribution in [2.24, 2.45) is 0 Å². The molecule has 2 aromatic rings. The third kappa shape index (κ3) is 3.55. The summed E-state index contributed by atoms with van der Waals surface area (Å²) in [5.74, 6) is 0.529. The molecule has 0 atom stereocenters. The van der Waals surface area contributed by atoms with Gasteiger partial charge in [0.15, 0.2) is 0 Å². The monoisotopic (exact) mass is 307 g/mol. The van der Waals surface area contributed by atoms with Crippen LogP contribution in [0, 0.1) is 0 Å². The van der Waals surface area contributed by atoms with Gasteiger partial charge in [-0.1, -0.05) is 29.8 Å². The van der Waals surface area contributed by atoms with Gasteiger partial charge in [0.25, 0.3) is 5.91 Å².